The molecule has 0 radical (unpaired) electrons. The number of amides is 2. The Balaban J connectivity index is 2.88. The van der Waals surface area contributed by atoms with Crippen molar-refractivity contribution in [2.24, 2.45) is 0 Å². The lowest BCUT2D eigenvalue weighted by Gasteiger charge is -2.16. The third-order valence-electron chi connectivity index (χ3n) is 2.84. The fourth-order valence-corrected chi connectivity index (χ4v) is 1.78. The SMILES string of the molecule is CCC(CCO)NC(=O)c1cc(NC(C)=O)ccc1F. The Morgan fingerprint density at radius 3 is 2.65 bits per heavy atom. The molecule has 1 aromatic carbocycles. The average Bonchev–Trinajstić information content (AvgIpc) is 2.39. The maximum Gasteiger partial charge on any atom is 0.254 e. The van der Waals surface area contributed by atoms with E-state index in [1.54, 1.807) is 0 Å². The van der Waals surface area contributed by atoms with Gasteiger partial charge in [0, 0.05) is 25.3 Å². The van der Waals surface area contributed by atoms with Gasteiger partial charge >= 0.3 is 0 Å². The van der Waals surface area contributed by atoms with Crippen LogP contribution >= 0.6 is 0 Å². The molecular weight excluding hydrogens is 263 g/mol. The Morgan fingerprint density at radius 1 is 1.40 bits per heavy atom. The van der Waals surface area contributed by atoms with Gasteiger partial charge in [0.2, 0.25) is 5.91 Å². The van der Waals surface area contributed by atoms with Gasteiger partial charge in [0.25, 0.3) is 5.91 Å². The standard InChI is InChI=1S/C14H19FN2O3/c1-3-10(6-7-18)17-14(20)12-8-11(16-9(2)19)4-5-13(12)15/h4-5,8,10,18H,3,6-7H2,1-2H3,(H,16,19)(H,17,20). The summed E-state index contributed by atoms with van der Waals surface area (Å²) in [4.78, 5) is 23.0. The Hall–Kier alpha value is -1.95. The molecule has 0 aliphatic rings. The molecule has 1 rings (SSSR count). The van der Waals surface area contributed by atoms with E-state index in [1.165, 1.54) is 19.1 Å². The summed E-state index contributed by atoms with van der Waals surface area (Å²) in [6.07, 6.45) is 1.05. The first-order chi connectivity index (χ1) is 9.47. The zero-order valence-corrected chi connectivity index (χ0v) is 11.6. The highest BCUT2D eigenvalue weighted by molar-refractivity contribution is 5.97. The number of nitrogens with one attached hydrogen (secondary N) is 2. The molecule has 1 unspecified atom stereocenters. The molecule has 0 aromatic heterocycles. The number of carbonyl (C=O) groups excluding carboxylic acids is 2. The fraction of sp³-hybridized carbons (Fsp3) is 0.429. The Morgan fingerprint density at radius 2 is 2.10 bits per heavy atom. The van der Waals surface area contributed by atoms with Gasteiger partial charge in [0.1, 0.15) is 5.82 Å². The predicted octanol–water partition coefficient (Wildman–Crippen LogP) is 1.67. The maximum atomic E-state index is 13.7. The molecule has 0 aliphatic heterocycles. The van der Waals surface area contributed by atoms with E-state index in [4.69, 9.17) is 5.11 Å². The normalized spacial score (nSPS) is 11.8. The third kappa shape index (κ3) is 4.62. The number of carbonyl (C=O) groups is 2. The molecule has 2 amide bonds. The van der Waals surface area contributed by atoms with E-state index in [9.17, 15) is 14.0 Å². The number of anilines is 1. The van der Waals surface area contributed by atoms with Crippen LogP contribution in [0.25, 0.3) is 0 Å². The van der Waals surface area contributed by atoms with E-state index >= 15 is 0 Å². The van der Waals surface area contributed by atoms with Crippen molar-refractivity contribution >= 4 is 17.5 Å². The molecule has 20 heavy (non-hydrogen) atoms. The molecule has 1 aromatic rings. The number of hydrogen-bond acceptors (Lipinski definition) is 3. The van der Waals surface area contributed by atoms with Crippen molar-refractivity contribution in [1.29, 1.82) is 0 Å². The molecule has 6 heteroatoms. The molecule has 1 atom stereocenters. The van der Waals surface area contributed by atoms with E-state index < -0.39 is 11.7 Å². The van der Waals surface area contributed by atoms with Crippen LogP contribution in [0.3, 0.4) is 0 Å². The Labute approximate surface area is 117 Å². The summed E-state index contributed by atoms with van der Waals surface area (Å²) in [6, 6.07) is 3.60. The largest absolute Gasteiger partial charge is 0.396 e. The van der Waals surface area contributed by atoms with E-state index in [0.29, 0.717) is 18.5 Å². The van der Waals surface area contributed by atoms with Gasteiger partial charge in [-0.25, -0.2) is 4.39 Å². The van der Waals surface area contributed by atoms with Crippen LogP contribution in [-0.2, 0) is 4.79 Å². The van der Waals surface area contributed by atoms with E-state index in [-0.39, 0.29) is 24.1 Å². The first kappa shape index (κ1) is 16.1. The fourth-order valence-electron chi connectivity index (χ4n) is 1.78. The third-order valence-corrected chi connectivity index (χ3v) is 2.84. The smallest absolute Gasteiger partial charge is 0.254 e. The number of benzene rings is 1. The van der Waals surface area contributed by atoms with Gasteiger partial charge in [-0.1, -0.05) is 6.92 Å². The predicted molar refractivity (Wildman–Crippen MR) is 74.0 cm³/mol. The zero-order chi connectivity index (χ0) is 15.1. The number of hydrogen-bond donors (Lipinski definition) is 3. The Bertz CT molecular complexity index is 491. The van der Waals surface area contributed by atoms with Crippen LogP contribution < -0.4 is 10.6 Å². The molecule has 0 spiro atoms. The Kier molecular flexibility index (Phi) is 6.11. The van der Waals surface area contributed by atoms with Crippen molar-refractivity contribution < 1.29 is 19.1 Å². The summed E-state index contributed by atoms with van der Waals surface area (Å²) in [5, 5.41) is 14.0. The summed E-state index contributed by atoms with van der Waals surface area (Å²) in [6.45, 7) is 3.15. The van der Waals surface area contributed by atoms with Crippen molar-refractivity contribution in [3.63, 3.8) is 0 Å². The second kappa shape index (κ2) is 7.59. The highest BCUT2D eigenvalue weighted by Gasteiger charge is 2.16. The highest BCUT2D eigenvalue weighted by Crippen LogP contribution is 2.15. The highest BCUT2D eigenvalue weighted by atomic mass is 19.1. The first-order valence-electron chi connectivity index (χ1n) is 6.46. The van der Waals surface area contributed by atoms with Crippen molar-refractivity contribution in [2.75, 3.05) is 11.9 Å². The van der Waals surface area contributed by atoms with Crippen LogP contribution in [-0.4, -0.2) is 29.6 Å². The van der Waals surface area contributed by atoms with E-state index in [0.717, 1.165) is 6.07 Å². The lowest BCUT2D eigenvalue weighted by atomic mass is 10.1. The molecule has 0 saturated heterocycles. The molecule has 110 valence electrons. The van der Waals surface area contributed by atoms with E-state index in [1.807, 2.05) is 6.92 Å². The van der Waals surface area contributed by atoms with Crippen LogP contribution in [0.5, 0.6) is 0 Å². The molecule has 3 N–H and O–H groups in total. The van der Waals surface area contributed by atoms with Gasteiger partial charge in [0.15, 0.2) is 0 Å². The number of aliphatic hydroxyl groups excluding tert-OH is 1. The summed E-state index contributed by atoms with van der Waals surface area (Å²) in [5.74, 6) is -1.51. The summed E-state index contributed by atoms with van der Waals surface area (Å²) >= 11 is 0. The van der Waals surface area contributed by atoms with Gasteiger partial charge in [-0.2, -0.15) is 0 Å². The zero-order valence-electron chi connectivity index (χ0n) is 11.6. The van der Waals surface area contributed by atoms with Crippen LogP contribution in [0.15, 0.2) is 18.2 Å². The van der Waals surface area contributed by atoms with Crippen molar-refractivity contribution in [3.05, 3.63) is 29.6 Å². The number of aliphatic hydroxyl groups is 1. The summed E-state index contributed by atoms with van der Waals surface area (Å²) < 4.78 is 13.7. The summed E-state index contributed by atoms with van der Waals surface area (Å²) in [5.41, 5.74) is 0.229. The first-order valence-corrected chi connectivity index (χ1v) is 6.46. The minimum Gasteiger partial charge on any atom is -0.396 e. The molecular formula is C14H19FN2O3. The van der Waals surface area contributed by atoms with Gasteiger partial charge in [-0.15, -0.1) is 0 Å². The van der Waals surface area contributed by atoms with Gasteiger partial charge in [0.05, 0.1) is 5.56 Å². The quantitative estimate of drug-likeness (QED) is 0.742. The van der Waals surface area contributed by atoms with Gasteiger partial charge in [-0.05, 0) is 31.0 Å². The van der Waals surface area contributed by atoms with Crippen LogP contribution in [0.4, 0.5) is 10.1 Å². The van der Waals surface area contributed by atoms with Crippen LogP contribution in [0.1, 0.15) is 37.0 Å². The minimum atomic E-state index is -0.657. The molecule has 0 aliphatic carbocycles. The van der Waals surface area contributed by atoms with Crippen molar-refractivity contribution in [1.82, 2.24) is 5.32 Å². The maximum absolute atomic E-state index is 13.7. The van der Waals surface area contributed by atoms with Crippen molar-refractivity contribution in [2.45, 2.75) is 32.7 Å². The summed E-state index contributed by atoms with van der Waals surface area (Å²) in [7, 11) is 0. The number of halogens is 1. The average molecular weight is 282 g/mol. The molecule has 0 saturated carbocycles. The van der Waals surface area contributed by atoms with Crippen LogP contribution in [0.2, 0.25) is 0 Å². The second-order valence-corrected chi connectivity index (χ2v) is 4.47. The van der Waals surface area contributed by atoms with Crippen molar-refractivity contribution in [3.8, 4) is 0 Å². The lowest BCUT2D eigenvalue weighted by molar-refractivity contribution is -0.114. The van der Waals surface area contributed by atoms with Gasteiger partial charge in [-0.3, -0.25) is 9.59 Å². The van der Waals surface area contributed by atoms with Crippen LogP contribution in [0, 0.1) is 5.82 Å². The molecule has 0 fully saturated rings. The second-order valence-electron chi connectivity index (χ2n) is 4.47. The van der Waals surface area contributed by atoms with E-state index in [2.05, 4.69) is 10.6 Å². The lowest BCUT2D eigenvalue weighted by Crippen LogP contribution is -2.35. The minimum absolute atomic E-state index is 0.0484. The van der Waals surface area contributed by atoms with Gasteiger partial charge < -0.3 is 15.7 Å². The molecule has 0 heterocycles. The topological polar surface area (TPSA) is 78.4 Å². The monoisotopic (exact) mass is 282 g/mol. The number of rotatable bonds is 6. The molecule has 0 bridgehead atoms. The molecule has 5 nitrogen and oxygen atoms in total.